The fourth-order valence-electron chi connectivity index (χ4n) is 2.14. The van der Waals surface area contributed by atoms with Crippen molar-refractivity contribution in [1.82, 2.24) is 0 Å². The molecule has 62 valence electrons. The van der Waals surface area contributed by atoms with Gasteiger partial charge in [0.1, 0.15) is 0 Å². The lowest BCUT2D eigenvalue weighted by Crippen LogP contribution is -2.17. The summed E-state index contributed by atoms with van der Waals surface area (Å²) in [5, 5.41) is 8.48. The first-order chi connectivity index (χ1) is 5.01. The highest BCUT2D eigenvalue weighted by Gasteiger charge is 2.65. The van der Waals surface area contributed by atoms with Crippen molar-refractivity contribution in [1.29, 1.82) is 0 Å². The molecule has 0 aromatic carbocycles. The van der Waals surface area contributed by atoms with E-state index in [1.165, 1.54) is 0 Å². The van der Waals surface area contributed by atoms with Crippen molar-refractivity contribution >= 4 is 5.97 Å². The highest BCUT2D eigenvalue weighted by molar-refractivity contribution is 5.74. The molecule has 0 amide bonds. The largest absolute Gasteiger partial charge is 0.481 e. The Labute approximate surface area is 62.2 Å². The van der Waals surface area contributed by atoms with Crippen LogP contribution in [-0.2, 0) is 4.79 Å². The number of hydrogen-bond donors (Lipinski definition) is 1. The molecule has 0 aromatic heterocycles. The van der Waals surface area contributed by atoms with Crippen LogP contribution in [0.25, 0.3) is 0 Å². The molecule has 0 saturated heterocycles. The molecule has 2 fully saturated rings. The van der Waals surface area contributed by atoms with Gasteiger partial charge in [-0.2, -0.15) is 0 Å². The fraction of sp³-hybridized carbons (Fsp3) is 0.857. The maximum Gasteiger partial charge on any atom is 0.307 e. The van der Waals surface area contributed by atoms with Gasteiger partial charge in [0.15, 0.2) is 0 Å². The van der Waals surface area contributed by atoms with E-state index in [4.69, 9.17) is 5.11 Å². The number of hydrogen-bond acceptors (Lipinski definition) is 1. The van der Waals surface area contributed by atoms with E-state index in [1.54, 1.807) is 0 Å². The first kappa shape index (κ1) is 7.00. The van der Waals surface area contributed by atoms with Crippen LogP contribution in [-0.4, -0.2) is 17.0 Å². The van der Waals surface area contributed by atoms with Crippen LogP contribution in [0.3, 0.4) is 0 Å². The number of carboxylic acids is 1. The molecule has 11 heavy (non-hydrogen) atoms. The van der Waals surface area contributed by atoms with Crippen molar-refractivity contribution in [3.63, 3.8) is 0 Å². The first-order valence-corrected chi connectivity index (χ1v) is 3.62. The standard InChI is InChI=1S/C7H8F2O2/c8-7(9)1-3-4(2-7)5(3)6(10)11/h3-5H,1-2H2,(H,10,11)/t3-,4+,5+. The Hall–Kier alpha value is -0.670. The SMILES string of the molecule is O=C(O)[C@H]1[C@@H]2CC(F)(F)C[C@@H]21. The second-order valence-electron chi connectivity index (χ2n) is 3.46. The van der Waals surface area contributed by atoms with E-state index >= 15 is 0 Å². The van der Waals surface area contributed by atoms with E-state index in [-0.39, 0.29) is 24.7 Å². The number of halogens is 2. The minimum absolute atomic E-state index is 0.214. The van der Waals surface area contributed by atoms with Gasteiger partial charge in [-0.3, -0.25) is 4.79 Å². The molecule has 0 aromatic rings. The number of rotatable bonds is 1. The minimum Gasteiger partial charge on any atom is -0.481 e. The summed E-state index contributed by atoms with van der Waals surface area (Å²) < 4.78 is 24.9. The summed E-state index contributed by atoms with van der Waals surface area (Å²) in [4.78, 5) is 10.3. The van der Waals surface area contributed by atoms with Crippen molar-refractivity contribution in [3.05, 3.63) is 0 Å². The molecule has 1 N–H and O–H groups in total. The predicted molar refractivity (Wildman–Crippen MR) is 32.3 cm³/mol. The molecule has 0 bridgehead atoms. The summed E-state index contributed by atoms with van der Waals surface area (Å²) >= 11 is 0. The number of carboxylic acid groups (broad SMARTS) is 1. The summed E-state index contributed by atoms with van der Waals surface area (Å²) in [6.45, 7) is 0. The van der Waals surface area contributed by atoms with Crippen LogP contribution < -0.4 is 0 Å². The van der Waals surface area contributed by atoms with Crippen molar-refractivity contribution in [2.24, 2.45) is 17.8 Å². The molecule has 2 aliphatic rings. The van der Waals surface area contributed by atoms with Gasteiger partial charge in [-0.15, -0.1) is 0 Å². The molecule has 2 nitrogen and oxygen atoms in total. The average molecular weight is 162 g/mol. The molecule has 3 atom stereocenters. The molecule has 4 heteroatoms. The van der Waals surface area contributed by atoms with Gasteiger partial charge in [-0.25, -0.2) is 8.78 Å². The second-order valence-corrected chi connectivity index (χ2v) is 3.46. The van der Waals surface area contributed by atoms with Gasteiger partial charge in [0.05, 0.1) is 5.92 Å². The smallest absolute Gasteiger partial charge is 0.307 e. The fourth-order valence-corrected chi connectivity index (χ4v) is 2.14. The van der Waals surface area contributed by atoms with Crippen molar-refractivity contribution in [2.45, 2.75) is 18.8 Å². The summed E-state index contributed by atoms with van der Waals surface area (Å²) in [6.07, 6.45) is -0.427. The molecular formula is C7H8F2O2. The third-order valence-electron chi connectivity index (χ3n) is 2.69. The lowest BCUT2D eigenvalue weighted by Gasteiger charge is -2.10. The van der Waals surface area contributed by atoms with E-state index < -0.39 is 17.8 Å². The quantitative estimate of drug-likeness (QED) is 0.632. The van der Waals surface area contributed by atoms with Crippen LogP contribution in [0.1, 0.15) is 12.8 Å². The second kappa shape index (κ2) is 1.73. The Morgan fingerprint density at radius 1 is 1.36 bits per heavy atom. The van der Waals surface area contributed by atoms with Crippen LogP contribution in [0.4, 0.5) is 8.78 Å². The Morgan fingerprint density at radius 2 is 1.82 bits per heavy atom. The van der Waals surface area contributed by atoms with Crippen molar-refractivity contribution in [3.8, 4) is 0 Å². The zero-order valence-corrected chi connectivity index (χ0v) is 5.76. The van der Waals surface area contributed by atoms with Gasteiger partial charge in [0.25, 0.3) is 0 Å². The predicted octanol–water partition coefficient (Wildman–Crippen LogP) is 1.36. The van der Waals surface area contributed by atoms with Gasteiger partial charge in [-0.1, -0.05) is 0 Å². The van der Waals surface area contributed by atoms with Gasteiger partial charge in [-0.05, 0) is 11.8 Å². The summed E-state index contributed by atoms with van der Waals surface area (Å²) in [5.41, 5.74) is 0. The Kier molecular flexibility index (Phi) is 1.10. The van der Waals surface area contributed by atoms with Gasteiger partial charge in [0, 0.05) is 12.8 Å². The zero-order valence-electron chi connectivity index (χ0n) is 5.76. The van der Waals surface area contributed by atoms with Crippen molar-refractivity contribution in [2.75, 3.05) is 0 Å². The molecule has 2 rings (SSSR count). The summed E-state index contributed by atoms with van der Waals surface area (Å²) in [7, 11) is 0. The van der Waals surface area contributed by atoms with E-state index in [1.807, 2.05) is 0 Å². The lowest BCUT2D eigenvalue weighted by molar-refractivity contribution is -0.140. The van der Waals surface area contributed by atoms with Crippen LogP contribution in [0.2, 0.25) is 0 Å². The van der Waals surface area contributed by atoms with Crippen molar-refractivity contribution < 1.29 is 18.7 Å². The van der Waals surface area contributed by atoms with Crippen LogP contribution in [0.15, 0.2) is 0 Å². The van der Waals surface area contributed by atoms with Gasteiger partial charge in [0.2, 0.25) is 5.92 Å². The third-order valence-corrected chi connectivity index (χ3v) is 2.69. The number of carbonyl (C=O) groups is 1. The van der Waals surface area contributed by atoms with E-state index in [0.29, 0.717) is 0 Å². The van der Waals surface area contributed by atoms with Gasteiger partial charge < -0.3 is 5.11 Å². The van der Waals surface area contributed by atoms with E-state index in [0.717, 1.165) is 0 Å². The normalized spacial score (nSPS) is 45.1. The van der Waals surface area contributed by atoms with E-state index in [2.05, 4.69) is 0 Å². The molecular weight excluding hydrogens is 154 g/mol. The summed E-state index contributed by atoms with van der Waals surface area (Å²) in [5.74, 6) is -4.42. The number of aliphatic carboxylic acids is 1. The molecule has 0 aliphatic heterocycles. The maximum absolute atomic E-state index is 12.5. The van der Waals surface area contributed by atoms with E-state index in [9.17, 15) is 13.6 Å². The van der Waals surface area contributed by atoms with Gasteiger partial charge >= 0.3 is 5.97 Å². The lowest BCUT2D eigenvalue weighted by atomic mass is 10.1. The minimum atomic E-state index is -2.58. The van der Waals surface area contributed by atoms with Crippen LogP contribution in [0.5, 0.6) is 0 Å². The molecule has 2 saturated carbocycles. The average Bonchev–Trinajstić information content (AvgIpc) is 2.31. The molecule has 0 radical (unpaired) electrons. The number of fused-ring (bicyclic) bond motifs is 1. The molecule has 0 heterocycles. The summed E-state index contributed by atoms with van der Waals surface area (Å²) in [6, 6.07) is 0. The molecule has 0 unspecified atom stereocenters. The van der Waals surface area contributed by atoms with Crippen LogP contribution in [0, 0.1) is 17.8 Å². The maximum atomic E-state index is 12.5. The first-order valence-electron chi connectivity index (χ1n) is 3.62. The molecule has 2 aliphatic carbocycles. The number of alkyl halides is 2. The Balaban J connectivity index is 2.01. The molecule has 0 spiro atoms. The Bertz CT molecular complexity index is 200. The van der Waals surface area contributed by atoms with Crippen LogP contribution >= 0.6 is 0 Å². The topological polar surface area (TPSA) is 37.3 Å². The Morgan fingerprint density at radius 3 is 2.18 bits per heavy atom. The zero-order chi connectivity index (χ0) is 8.22. The third kappa shape index (κ3) is 0.921. The highest BCUT2D eigenvalue weighted by Crippen LogP contribution is 2.62. The monoisotopic (exact) mass is 162 g/mol. The highest BCUT2D eigenvalue weighted by atomic mass is 19.3.